The first kappa shape index (κ1) is 10.7. The number of sulfone groups is 1. The van der Waals surface area contributed by atoms with E-state index in [1.165, 1.54) is 0 Å². The van der Waals surface area contributed by atoms with Crippen LogP contribution < -0.4 is 5.73 Å². The molecule has 1 aromatic heterocycles. The minimum Gasteiger partial charge on any atom is -0.468 e. The molecule has 2 N–H and O–H groups in total. The molecule has 0 amide bonds. The van der Waals surface area contributed by atoms with Gasteiger partial charge in [-0.25, -0.2) is 8.42 Å². The zero-order valence-electron chi connectivity index (χ0n) is 8.43. The van der Waals surface area contributed by atoms with Gasteiger partial charge in [-0.3, -0.25) is 0 Å². The van der Waals surface area contributed by atoms with E-state index in [0.29, 0.717) is 12.2 Å². The second-order valence-electron chi connectivity index (χ2n) is 4.13. The van der Waals surface area contributed by atoms with E-state index in [2.05, 4.69) is 0 Å². The van der Waals surface area contributed by atoms with Crippen molar-refractivity contribution in [1.82, 2.24) is 0 Å². The summed E-state index contributed by atoms with van der Waals surface area (Å²) in [5, 5.41) is 0. The maximum Gasteiger partial charge on any atom is 0.150 e. The molecule has 2 heterocycles. The summed E-state index contributed by atoms with van der Waals surface area (Å²) in [7, 11) is -2.80. The van der Waals surface area contributed by atoms with Crippen molar-refractivity contribution < 1.29 is 12.8 Å². The van der Waals surface area contributed by atoms with Gasteiger partial charge in [0.1, 0.15) is 5.76 Å². The lowest BCUT2D eigenvalue weighted by Crippen LogP contribution is -2.15. The highest BCUT2D eigenvalue weighted by Crippen LogP contribution is 2.27. The number of rotatable bonds is 3. The first-order chi connectivity index (χ1) is 7.07. The third kappa shape index (κ3) is 2.60. The third-order valence-corrected chi connectivity index (χ3v) is 4.66. The van der Waals surface area contributed by atoms with Crippen molar-refractivity contribution in [3.63, 3.8) is 0 Å². The average molecular weight is 229 g/mol. The lowest BCUT2D eigenvalue weighted by atomic mass is 9.98. The Kier molecular flexibility index (Phi) is 2.84. The Morgan fingerprint density at radius 2 is 2.40 bits per heavy atom. The maximum absolute atomic E-state index is 11.2. The lowest BCUT2D eigenvalue weighted by molar-refractivity contribution is 0.405. The number of furan rings is 1. The van der Waals surface area contributed by atoms with Crippen LogP contribution in [0.15, 0.2) is 22.8 Å². The molecule has 1 aliphatic rings. The number of hydrogen-bond donors (Lipinski definition) is 1. The molecule has 1 aliphatic heterocycles. The van der Waals surface area contributed by atoms with Crippen LogP contribution in [0.4, 0.5) is 0 Å². The van der Waals surface area contributed by atoms with Gasteiger partial charge in [-0.05, 0) is 30.9 Å². The Labute approximate surface area is 89.4 Å². The first-order valence-electron chi connectivity index (χ1n) is 5.06. The molecule has 4 nitrogen and oxygen atoms in total. The molecule has 1 saturated heterocycles. The molecule has 0 aliphatic carbocycles. The third-order valence-electron chi connectivity index (χ3n) is 2.82. The predicted octanol–water partition coefficient (Wildman–Crippen LogP) is 1.10. The zero-order chi connectivity index (χ0) is 10.9. The van der Waals surface area contributed by atoms with Crippen molar-refractivity contribution in [2.45, 2.75) is 18.9 Å². The normalized spacial score (nSPS) is 26.6. The van der Waals surface area contributed by atoms with Gasteiger partial charge in [-0.1, -0.05) is 0 Å². The molecule has 1 fully saturated rings. The number of nitrogens with two attached hydrogens (primary N) is 1. The Hall–Kier alpha value is -0.810. The van der Waals surface area contributed by atoms with Crippen LogP contribution in [0.5, 0.6) is 0 Å². The van der Waals surface area contributed by atoms with Gasteiger partial charge in [0.2, 0.25) is 0 Å². The zero-order valence-corrected chi connectivity index (χ0v) is 9.24. The summed E-state index contributed by atoms with van der Waals surface area (Å²) < 4.78 is 27.7. The minimum absolute atomic E-state index is 0.182. The molecule has 2 rings (SSSR count). The Morgan fingerprint density at radius 3 is 2.93 bits per heavy atom. The fourth-order valence-electron chi connectivity index (χ4n) is 2.04. The highest BCUT2D eigenvalue weighted by molar-refractivity contribution is 7.91. The highest BCUT2D eigenvalue weighted by Gasteiger charge is 2.29. The Morgan fingerprint density at radius 1 is 1.60 bits per heavy atom. The van der Waals surface area contributed by atoms with E-state index in [0.717, 1.165) is 12.2 Å². The summed E-state index contributed by atoms with van der Waals surface area (Å²) in [5.41, 5.74) is 5.92. The van der Waals surface area contributed by atoms with Crippen LogP contribution in [0.25, 0.3) is 0 Å². The van der Waals surface area contributed by atoms with Crippen LogP contribution in [0.3, 0.4) is 0 Å². The van der Waals surface area contributed by atoms with Crippen molar-refractivity contribution >= 4 is 9.84 Å². The van der Waals surface area contributed by atoms with Gasteiger partial charge < -0.3 is 10.2 Å². The van der Waals surface area contributed by atoms with E-state index < -0.39 is 9.84 Å². The monoisotopic (exact) mass is 229 g/mol. The van der Waals surface area contributed by atoms with Gasteiger partial charge in [0.05, 0.1) is 23.8 Å². The standard InChI is InChI=1S/C10H15NO3S/c11-9(10-2-1-4-14-10)6-8-3-5-15(12,13)7-8/h1-2,4,8-9H,3,5-7,11H2. The molecular weight excluding hydrogens is 214 g/mol. The molecule has 84 valence electrons. The van der Waals surface area contributed by atoms with Crippen molar-refractivity contribution in [3.8, 4) is 0 Å². The fraction of sp³-hybridized carbons (Fsp3) is 0.600. The largest absolute Gasteiger partial charge is 0.468 e. The molecule has 2 atom stereocenters. The lowest BCUT2D eigenvalue weighted by Gasteiger charge is -2.12. The van der Waals surface area contributed by atoms with E-state index in [1.54, 1.807) is 12.3 Å². The van der Waals surface area contributed by atoms with Gasteiger partial charge in [0.15, 0.2) is 9.84 Å². The van der Waals surface area contributed by atoms with Crippen LogP contribution in [0.2, 0.25) is 0 Å². The van der Waals surface area contributed by atoms with E-state index in [1.807, 2.05) is 6.07 Å². The summed E-state index contributed by atoms with van der Waals surface area (Å²) in [6, 6.07) is 3.44. The Bertz CT molecular complexity index is 410. The SMILES string of the molecule is NC(CC1CCS(=O)(=O)C1)c1ccco1. The topological polar surface area (TPSA) is 73.3 Å². The predicted molar refractivity (Wildman–Crippen MR) is 57.0 cm³/mol. The minimum atomic E-state index is -2.80. The van der Waals surface area contributed by atoms with Gasteiger partial charge >= 0.3 is 0 Å². The van der Waals surface area contributed by atoms with Crippen LogP contribution in [0.1, 0.15) is 24.6 Å². The van der Waals surface area contributed by atoms with E-state index in [-0.39, 0.29) is 17.7 Å². The van der Waals surface area contributed by atoms with Crippen LogP contribution in [0, 0.1) is 5.92 Å². The highest BCUT2D eigenvalue weighted by atomic mass is 32.2. The van der Waals surface area contributed by atoms with Gasteiger partial charge in [0, 0.05) is 0 Å². The van der Waals surface area contributed by atoms with Gasteiger partial charge in [0.25, 0.3) is 0 Å². The molecule has 2 unspecified atom stereocenters. The van der Waals surface area contributed by atoms with Crippen molar-refractivity contribution in [3.05, 3.63) is 24.2 Å². The summed E-state index contributed by atoms with van der Waals surface area (Å²) in [6.45, 7) is 0. The van der Waals surface area contributed by atoms with Gasteiger partial charge in [-0.2, -0.15) is 0 Å². The van der Waals surface area contributed by atoms with E-state index >= 15 is 0 Å². The van der Waals surface area contributed by atoms with Crippen LogP contribution >= 0.6 is 0 Å². The molecule has 5 heteroatoms. The molecule has 0 bridgehead atoms. The second kappa shape index (κ2) is 3.98. The molecule has 0 saturated carbocycles. The summed E-state index contributed by atoms with van der Waals surface area (Å²) in [6.07, 6.45) is 3.00. The maximum atomic E-state index is 11.2. The summed E-state index contributed by atoms with van der Waals surface area (Å²) >= 11 is 0. The molecule has 0 aromatic carbocycles. The number of hydrogen-bond acceptors (Lipinski definition) is 4. The average Bonchev–Trinajstić information content (AvgIpc) is 2.74. The van der Waals surface area contributed by atoms with Gasteiger partial charge in [-0.15, -0.1) is 0 Å². The summed E-state index contributed by atoms with van der Waals surface area (Å²) in [5.74, 6) is 1.51. The van der Waals surface area contributed by atoms with Crippen molar-refractivity contribution in [1.29, 1.82) is 0 Å². The molecule has 15 heavy (non-hydrogen) atoms. The van der Waals surface area contributed by atoms with E-state index in [4.69, 9.17) is 10.2 Å². The van der Waals surface area contributed by atoms with E-state index in [9.17, 15) is 8.42 Å². The molecule has 1 aromatic rings. The first-order valence-corrected chi connectivity index (χ1v) is 6.88. The molecular formula is C10H15NO3S. The molecule has 0 spiro atoms. The van der Waals surface area contributed by atoms with Crippen LogP contribution in [-0.4, -0.2) is 19.9 Å². The smallest absolute Gasteiger partial charge is 0.150 e. The Balaban J connectivity index is 1.94. The second-order valence-corrected chi connectivity index (χ2v) is 6.36. The summed E-state index contributed by atoms with van der Waals surface area (Å²) in [4.78, 5) is 0. The molecule has 0 radical (unpaired) electrons. The fourth-order valence-corrected chi connectivity index (χ4v) is 3.92. The quantitative estimate of drug-likeness (QED) is 0.842. The van der Waals surface area contributed by atoms with Crippen molar-refractivity contribution in [2.75, 3.05) is 11.5 Å². The van der Waals surface area contributed by atoms with Crippen LogP contribution in [-0.2, 0) is 9.84 Å². The van der Waals surface area contributed by atoms with Crippen molar-refractivity contribution in [2.24, 2.45) is 11.7 Å².